The average molecular weight is 911 g/mol. The molecule has 0 saturated heterocycles. The molecule has 0 radical (unpaired) electrons. The fourth-order valence-corrected chi connectivity index (χ4v) is 12.9. The number of aromatic nitrogens is 1. The lowest BCUT2D eigenvalue weighted by molar-refractivity contribution is 0.751. The predicted molar refractivity (Wildman–Crippen MR) is 297 cm³/mol. The third kappa shape index (κ3) is 6.32. The van der Waals surface area contributed by atoms with Gasteiger partial charge in [-0.15, -0.1) is 11.3 Å². The highest BCUT2D eigenvalue weighted by molar-refractivity contribution is 7.25. The van der Waals surface area contributed by atoms with Gasteiger partial charge in [0.15, 0.2) is 0 Å². The van der Waals surface area contributed by atoms with Crippen LogP contribution in [0.15, 0.2) is 260 Å². The number of para-hydroxylation sites is 3. The van der Waals surface area contributed by atoms with Gasteiger partial charge in [-0.25, -0.2) is 0 Å². The number of allylic oxidation sites excluding steroid dienone is 4. The summed E-state index contributed by atoms with van der Waals surface area (Å²) in [6, 6.07) is 88.1. The fraction of sp³-hybridized carbons (Fsp3) is 0.0448. The molecule has 0 aliphatic heterocycles. The van der Waals surface area contributed by atoms with E-state index in [-0.39, 0.29) is 0 Å². The summed E-state index contributed by atoms with van der Waals surface area (Å²) in [5.74, 6) is 0. The number of rotatable bonds is 8. The first-order valence-corrected chi connectivity index (χ1v) is 25.2. The molecule has 1 unspecified atom stereocenters. The zero-order valence-corrected chi connectivity index (χ0v) is 39.3. The molecular weight excluding hydrogens is 865 g/mol. The topological polar surface area (TPSA) is 8.17 Å². The molecule has 3 heteroatoms. The van der Waals surface area contributed by atoms with E-state index in [0.29, 0.717) is 0 Å². The number of thiophene rings is 1. The van der Waals surface area contributed by atoms with Crippen molar-refractivity contribution in [3.8, 4) is 39.1 Å². The Morgan fingerprint density at radius 1 is 0.400 bits per heavy atom. The second-order valence-electron chi connectivity index (χ2n) is 18.7. The van der Waals surface area contributed by atoms with Crippen molar-refractivity contribution in [2.24, 2.45) is 0 Å². The minimum absolute atomic E-state index is 0.484. The molecule has 2 aliphatic carbocycles. The summed E-state index contributed by atoms with van der Waals surface area (Å²) in [5.41, 5.74) is 18.9. The zero-order chi connectivity index (χ0) is 46.2. The van der Waals surface area contributed by atoms with Crippen LogP contribution in [0.25, 0.3) is 81.0 Å². The number of hydrogen-bond acceptors (Lipinski definition) is 2. The summed E-state index contributed by atoms with van der Waals surface area (Å²) in [4.78, 5) is 2.48. The van der Waals surface area contributed by atoms with E-state index in [0.717, 1.165) is 41.2 Å². The molecule has 0 saturated carbocycles. The largest absolute Gasteiger partial charge is 0.310 e. The van der Waals surface area contributed by atoms with E-state index in [9.17, 15) is 0 Å². The van der Waals surface area contributed by atoms with E-state index in [1.165, 1.54) is 92.1 Å². The Kier molecular flexibility index (Phi) is 9.47. The summed E-state index contributed by atoms with van der Waals surface area (Å²) < 4.78 is 5.01. The number of anilines is 3. The molecule has 1 atom stereocenters. The molecule has 14 rings (SSSR count). The van der Waals surface area contributed by atoms with Gasteiger partial charge in [0.1, 0.15) is 0 Å². The standard InChI is InChI=1S/C67H46N2S/c1-5-19-49(20-6-1)67(50-21-7-2-8-22-50)61-30-16-13-27-55(61)56-36-35-53(44-62(56)67)68(51-23-9-3-10-24-51)54-40-47(39-48(41-54)46-34-38-66-60(43-46)58-29-15-18-32-65(58)70-66)45-33-37-64-59(42-45)57-28-14-17-31-63(57)69(64)52-25-11-4-12-26-52/h1,3-7,9-44H,2,8H2. The molecule has 0 bridgehead atoms. The van der Waals surface area contributed by atoms with Crippen molar-refractivity contribution in [1.82, 2.24) is 4.57 Å². The monoisotopic (exact) mass is 910 g/mol. The van der Waals surface area contributed by atoms with Crippen molar-refractivity contribution in [2.45, 2.75) is 18.3 Å². The summed E-state index contributed by atoms with van der Waals surface area (Å²) in [6.07, 6.45) is 9.32. The van der Waals surface area contributed by atoms with E-state index >= 15 is 0 Å². The van der Waals surface area contributed by atoms with Crippen LogP contribution in [-0.4, -0.2) is 4.57 Å². The molecule has 0 spiro atoms. The van der Waals surface area contributed by atoms with Gasteiger partial charge in [0.2, 0.25) is 0 Å². The van der Waals surface area contributed by atoms with Crippen molar-refractivity contribution in [3.05, 3.63) is 277 Å². The van der Waals surface area contributed by atoms with Crippen LogP contribution in [0.3, 0.4) is 0 Å². The first kappa shape index (κ1) is 40.6. The van der Waals surface area contributed by atoms with Crippen molar-refractivity contribution in [3.63, 3.8) is 0 Å². The van der Waals surface area contributed by atoms with Gasteiger partial charge in [-0.05, 0) is 159 Å². The van der Waals surface area contributed by atoms with Crippen LogP contribution in [0.5, 0.6) is 0 Å². The highest BCUT2D eigenvalue weighted by atomic mass is 32.1. The number of fused-ring (bicyclic) bond motifs is 9. The van der Waals surface area contributed by atoms with Crippen LogP contribution < -0.4 is 4.90 Å². The number of hydrogen-bond donors (Lipinski definition) is 0. The summed E-state index contributed by atoms with van der Waals surface area (Å²) in [5, 5.41) is 5.07. The second kappa shape index (κ2) is 16.3. The fourth-order valence-electron chi connectivity index (χ4n) is 11.8. The van der Waals surface area contributed by atoms with Crippen molar-refractivity contribution < 1.29 is 0 Å². The Bertz CT molecular complexity index is 4060. The maximum Gasteiger partial charge on any atom is 0.0711 e. The summed E-state index contributed by atoms with van der Waals surface area (Å²) in [7, 11) is 0. The van der Waals surface area contributed by atoms with Crippen molar-refractivity contribution >= 4 is 70.4 Å². The van der Waals surface area contributed by atoms with Gasteiger partial charge in [-0.3, -0.25) is 0 Å². The molecule has 2 aromatic heterocycles. The Balaban J connectivity index is 1.02. The van der Waals surface area contributed by atoms with Crippen LogP contribution in [0.2, 0.25) is 0 Å². The summed E-state index contributed by atoms with van der Waals surface area (Å²) in [6.45, 7) is 0. The highest BCUT2D eigenvalue weighted by Crippen LogP contribution is 2.58. The molecule has 2 nitrogen and oxygen atoms in total. The van der Waals surface area contributed by atoms with Gasteiger partial charge in [0, 0.05) is 53.7 Å². The molecule has 0 fully saturated rings. The smallest absolute Gasteiger partial charge is 0.0711 e. The van der Waals surface area contributed by atoms with Crippen LogP contribution in [0, 0.1) is 0 Å². The zero-order valence-electron chi connectivity index (χ0n) is 38.5. The lowest BCUT2D eigenvalue weighted by Crippen LogP contribution is -2.29. The molecule has 70 heavy (non-hydrogen) atoms. The van der Waals surface area contributed by atoms with Gasteiger partial charge >= 0.3 is 0 Å². The Labute approximate surface area is 412 Å². The molecule has 12 aromatic rings. The van der Waals surface area contributed by atoms with E-state index in [1.54, 1.807) is 0 Å². The van der Waals surface area contributed by atoms with E-state index in [2.05, 4.69) is 264 Å². The minimum atomic E-state index is -0.484. The van der Waals surface area contributed by atoms with Gasteiger partial charge in [0.05, 0.1) is 16.4 Å². The van der Waals surface area contributed by atoms with Gasteiger partial charge in [-0.2, -0.15) is 0 Å². The first-order valence-electron chi connectivity index (χ1n) is 24.4. The molecule has 10 aromatic carbocycles. The van der Waals surface area contributed by atoms with Crippen LogP contribution in [-0.2, 0) is 5.41 Å². The SMILES string of the molecule is C1=CC(C2(c3ccccc3)c3ccccc3-c3ccc(N(c4ccccc4)c4cc(-c5ccc6sc7ccccc7c6c5)cc(-c5ccc6c(c5)c5ccccc5n6-c5ccccc5)c4)cc32)=CCC1. The van der Waals surface area contributed by atoms with Gasteiger partial charge in [-0.1, -0.05) is 164 Å². The lowest BCUT2D eigenvalue weighted by atomic mass is 9.66. The lowest BCUT2D eigenvalue weighted by Gasteiger charge is -2.36. The quantitative estimate of drug-likeness (QED) is 0.147. The summed E-state index contributed by atoms with van der Waals surface area (Å²) >= 11 is 1.87. The highest BCUT2D eigenvalue weighted by Gasteiger charge is 2.47. The normalized spacial score (nSPS) is 15.1. The van der Waals surface area contributed by atoms with E-state index in [4.69, 9.17) is 0 Å². The Hall–Kier alpha value is -8.50. The van der Waals surface area contributed by atoms with Crippen molar-refractivity contribution in [2.75, 3.05) is 4.90 Å². The molecule has 0 amide bonds. The van der Waals surface area contributed by atoms with E-state index < -0.39 is 5.41 Å². The predicted octanol–water partition coefficient (Wildman–Crippen LogP) is 18.5. The maximum absolute atomic E-state index is 2.50. The van der Waals surface area contributed by atoms with Crippen LogP contribution in [0.1, 0.15) is 29.5 Å². The number of benzene rings is 10. The van der Waals surface area contributed by atoms with Crippen LogP contribution >= 0.6 is 11.3 Å². The Morgan fingerprint density at radius 2 is 1.04 bits per heavy atom. The van der Waals surface area contributed by atoms with E-state index in [1.807, 2.05) is 11.3 Å². The maximum atomic E-state index is 2.50. The third-order valence-electron chi connectivity index (χ3n) is 14.8. The van der Waals surface area contributed by atoms with Gasteiger partial charge < -0.3 is 9.47 Å². The molecule has 2 aliphatic rings. The van der Waals surface area contributed by atoms with Gasteiger partial charge in [0.25, 0.3) is 0 Å². The average Bonchev–Trinajstić information content (AvgIpc) is 4.08. The Morgan fingerprint density at radius 3 is 1.84 bits per heavy atom. The molecular formula is C67H46N2S. The van der Waals surface area contributed by atoms with Crippen LogP contribution in [0.4, 0.5) is 17.1 Å². The molecule has 330 valence electrons. The van der Waals surface area contributed by atoms with Crippen molar-refractivity contribution in [1.29, 1.82) is 0 Å². The minimum Gasteiger partial charge on any atom is -0.310 e. The third-order valence-corrected chi connectivity index (χ3v) is 16.0. The second-order valence-corrected chi connectivity index (χ2v) is 19.8. The molecule has 0 N–H and O–H groups in total. The number of nitrogens with zero attached hydrogens (tertiary/aromatic N) is 2. The first-order chi connectivity index (χ1) is 34.7. The molecule has 2 heterocycles.